The number of rotatable bonds is 7. The van der Waals surface area contributed by atoms with E-state index in [-0.39, 0.29) is 12.3 Å². The van der Waals surface area contributed by atoms with Gasteiger partial charge in [0.15, 0.2) is 0 Å². The Bertz CT molecular complexity index is 1160. The second kappa shape index (κ2) is 9.54. The zero-order valence-electron chi connectivity index (χ0n) is 17.0. The van der Waals surface area contributed by atoms with E-state index in [1.165, 1.54) is 0 Å². The van der Waals surface area contributed by atoms with Crippen LogP contribution in [0.15, 0.2) is 83.4 Å². The Morgan fingerprint density at radius 1 is 0.968 bits per heavy atom. The van der Waals surface area contributed by atoms with Gasteiger partial charge >= 0.3 is 0 Å². The standard InChI is InChI=1S/C25H21N3O3/c1-30-22-14-7-19(8-15-22)17-23(29)26-21-12-10-20(11-13-21)25-27-24(31-28-25)16-9-18-5-3-2-4-6-18/h2-16H,17H2,1H3,(H,26,29)/b16-9+. The molecule has 0 bridgehead atoms. The molecule has 0 saturated carbocycles. The number of nitrogens with one attached hydrogen (secondary N) is 1. The van der Waals surface area contributed by atoms with E-state index in [2.05, 4.69) is 15.5 Å². The average Bonchev–Trinajstić information content (AvgIpc) is 3.28. The van der Waals surface area contributed by atoms with Crippen molar-refractivity contribution in [2.45, 2.75) is 6.42 Å². The van der Waals surface area contributed by atoms with Crippen molar-refractivity contribution in [2.24, 2.45) is 0 Å². The molecule has 6 heteroatoms. The van der Waals surface area contributed by atoms with Crippen LogP contribution in [0.2, 0.25) is 0 Å². The molecular formula is C25H21N3O3. The van der Waals surface area contributed by atoms with Crippen LogP contribution in [0.4, 0.5) is 5.69 Å². The van der Waals surface area contributed by atoms with Crippen LogP contribution in [0.25, 0.3) is 23.5 Å². The molecule has 0 aliphatic heterocycles. The van der Waals surface area contributed by atoms with Crippen LogP contribution in [0.3, 0.4) is 0 Å². The molecule has 0 aliphatic rings. The van der Waals surface area contributed by atoms with Crippen LogP contribution in [0, 0.1) is 0 Å². The van der Waals surface area contributed by atoms with E-state index < -0.39 is 0 Å². The summed E-state index contributed by atoms with van der Waals surface area (Å²) in [6, 6.07) is 24.6. The van der Waals surface area contributed by atoms with Crippen molar-refractivity contribution in [3.63, 3.8) is 0 Å². The first-order chi connectivity index (χ1) is 15.2. The van der Waals surface area contributed by atoms with E-state index in [1.807, 2.05) is 84.9 Å². The number of nitrogens with zero attached hydrogens (tertiary/aromatic N) is 2. The Hall–Kier alpha value is -4.19. The molecule has 1 N–H and O–H groups in total. The van der Waals surface area contributed by atoms with E-state index in [0.29, 0.717) is 17.4 Å². The lowest BCUT2D eigenvalue weighted by molar-refractivity contribution is -0.115. The Labute approximate surface area is 180 Å². The second-order valence-electron chi connectivity index (χ2n) is 6.85. The first kappa shape index (κ1) is 20.1. The number of carbonyl (C=O) groups is 1. The average molecular weight is 411 g/mol. The van der Waals surface area contributed by atoms with Gasteiger partial charge in [-0.2, -0.15) is 4.98 Å². The molecule has 154 valence electrons. The molecule has 0 aliphatic carbocycles. The SMILES string of the molecule is COc1ccc(CC(=O)Nc2ccc(-c3noc(/C=C/c4ccccc4)n3)cc2)cc1. The highest BCUT2D eigenvalue weighted by atomic mass is 16.5. The van der Waals surface area contributed by atoms with E-state index >= 15 is 0 Å². The van der Waals surface area contributed by atoms with Crippen LogP contribution in [0.5, 0.6) is 5.75 Å². The maximum absolute atomic E-state index is 12.3. The third-order valence-electron chi connectivity index (χ3n) is 4.61. The molecule has 4 rings (SSSR count). The topological polar surface area (TPSA) is 77.2 Å². The molecule has 0 radical (unpaired) electrons. The smallest absolute Gasteiger partial charge is 0.250 e. The molecule has 4 aromatic rings. The largest absolute Gasteiger partial charge is 0.497 e. The maximum atomic E-state index is 12.3. The van der Waals surface area contributed by atoms with Gasteiger partial charge in [0.25, 0.3) is 5.89 Å². The number of hydrogen-bond donors (Lipinski definition) is 1. The summed E-state index contributed by atoms with van der Waals surface area (Å²) in [4.78, 5) is 16.7. The van der Waals surface area contributed by atoms with Crippen molar-refractivity contribution >= 4 is 23.7 Å². The van der Waals surface area contributed by atoms with Gasteiger partial charge in [0.2, 0.25) is 11.7 Å². The predicted molar refractivity (Wildman–Crippen MR) is 120 cm³/mol. The van der Waals surface area contributed by atoms with Crippen LogP contribution in [0.1, 0.15) is 17.0 Å². The van der Waals surface area contributed by atoms with Crippen molar-refractivity contribution in [3.8, 4) is 17.1 Å². The number of benzene rings is 3. The van der Waals surface area contributed by atoms with Crippen LogP contribution < -0.4 is 10.1 Å². The Morgan fingerprint density at radius 3 is 2.42 bits per heavy atom. The molecule has 0 spiro atoms. The van der Waals surface area contributed by atoms with Gasteiger partial charge < -0.3 is 14.6 Å². The summed E-state index contributed by atoms with van der Waals surface area (Å²) in [6.45, 7) is 0. The molecule has 31 heavy (non-hydrogen) atoms. The van der Waals surface area contributed by atoms with Crippen molar-refractivity contribution < 1.29 is 14.1 Å². The summed E-state index contributed by atoms with van der Waals surface area (Å²) in [5.41, 5.74) is 3.47. The summed E-state index contributed by atoms with van der Waals surface area (Å²) >= 11 is 0. The van der Waals surface area contributed by atoms with E-state index in [1.54, 1.807) is 13.2 Å². The van der Waals surface area contributed by atoms with Gasteiger partial charge in [-0.15, -0.1) is 0 Å². The number of methoxy groups -OCH3 is 1. The van der Waals surface area contributed by atoms with Crippen molar-refractivity contribution in [1.29, 1.82) is 0 Å². The molecule has 3 aromatic carbocycles. The highest BCUT2D eigenvalue weighted by molar-refractivity contribution is 5.92. The van der Waals surface area contributed by atoms with Crippen LogP contribution >= 0.6 is 0 Å². The first-order valence-corrected chi connectivity index (χ1v) is 9.80. The van der Waals surface area contributed by atoms with Crippen LogP contribution in [-0.2, 0) is 11.2 Å². The van der Waals surface area contributed by atoms with Gasteiger partial charge in [-0.25, -0.2) is 0 Å². The minimum atomic E-state index is -0.0918. The van der Waals surface area contributed by atoms with E-state index in [4.69, 9.17) is 9.26 Å². The molecule has 1 amide bonds. The molecule has 1 aromatic heterocycles. The summed E-state index contributed by atoms with van der Waals surface area (Å²) in [6.07, 6.45) is 3.98. The predicted octanol–water partition coefficient (Wildman–Crippen LogP) is 5.10. The lowest BCUT2D eigenvalue weighted by Crippen LogP contribution is -2.14. The molecule has 0 unspecified atom stereocenters. The van der Waals surface area contributed by atoms with Crippen molar-refractivity contribution in [3.05, 3.63) is 95.9 Å². The summed E-state index contributed by atoms with van der Waals surface area (Å²) in [5, 5.41) is 6.92. The molecule has 1 heterocycles. The quantitative estimate of drug-likeness (QED) is 0.458. The van der Waals surface area contributed by atoms with E-state index in [0.717, 1.165) is 22.4 Å². The van der Waals surface area contributed by atoms with Gasteiger partial charge in [0.05, 0.1) is 13.5 Å². The van der Waals surface area contributed by atoms with Gasteiger partial charge in [0.1, 0.15) is 5.75 Å². The maximum Gasteiger partial charge on any atom is 0.250 e. The fourth-order valence-electron chi connectivity index (χ4n) is 2.99. The van der Waals surface area contributed by atoms with Gasteiger partial charge in [-0.1, -0.05) is 47.6 Å². The molecule has 0 saturated heterocycles. The zero-order valence-corrected chi connectivity index (χ0v) is 17.0. The fraction of sp³-hybridized carbons (Fsp3) is 0.0800. The number of anilines is 1. The molecule has 0 fully saturated rings. The van der Waals surface area contributed by atoms with Crippen molar-refractivity contribution in [1.82, 2.24) is 10.1 Å². The highest BCUT2D eigenvalue weighted by Gasteiger charge is 2.08. The Kier molecular flexibility index (Phi) is 6.18. The normalized spacial score (nSPS) is 10.9. The summed E-state index contributed by atoms with van der Waals surface area (Å²) in [5.74, 6) is 1.59. The van der Waals surface area contributed by atoms with Gasteiger partial charge in [-0.05, 0) is 53.6 Å². The number of amides is 1. The highest BCUT2D eigenvalue weighted by Crippen LogP contribution is 2.20. The molecule has 0 atom stereocenters. The Morgan fingerprint density at radius 2 is 1.71 bits per heavy atom. The third kappa shape index (κ3) is 5.45. The first-order valence-electron chi connectivity index (χ1n) is 9.80. The van der Waals surface area contributed by atoms with Crippen LogP contribution in [-0.4, -0.2) is 23.2 Å². The minimum absolute atomic E-state index is 0.0918. The van der Waals surface area contributed by atoms with Gasteiger partial charge in [0, 0.05) is 17.3 Å². The number of hydrogen-bond acceptors (Lipinski definition) is 5. The minimum Gasteiger partial charge on any atom is -0.497 e. The monoisotopic (exact) mass is 411 g/mol. The second-order valence-corrected chi connectivity index (χ2v) is 6.85. The van der Waals surface area contributed by atoms with Gasteiger partial charge in [-0.3, -0.25) is 4.79 Å². The summed E-state index contributed by atoms with van der Waals surface area (Å²) < 4.78 is 10.4. The lowest BCUT2D eigenvalue weighted by Gasteiger charge is -2.06. The van der Waals surface area contributed by atoms with E-state index in [9.17, 15) is 4.79 Å². The zero-order chi connectivity index (χ0) is 21.5. The summed E-state index contributed by atoms with van der Waals surface area (Å²) in [7, 11) is 1.61. The van der Waals surface area contributed by atoms with Crippen molar-refractivity contribution in [2.75, 3.05) is 12.4 Å². The Balaban J connectivity index is 1.36. The number of carbonyl (C=O) groups excluding carboxylic acids is 1. The third-order valence-corrected chi connectivity index (χ3v) is 4.61. The molecular weight excluding hydrogens is 390 g/mol. The number of ether oxygens (including phenoxy) is 1. The number of aromatic nitrogens is 2. The molecule has 6 nitrogen and oxygen atoms in total. The fourth-order valence-corrected chi connectivity index (χ4v) is 2.99. The lowest BCUT2D eigenvalue weighted by atomic mass is 10.1.